The topological polar surface area (TPSA) is 17.1 Å². The molecule has 0 radical (unpaired) electrons. The number of hydrogen-bond acceptors (Lipinski definition) is 1. The molecule has 0 saturated heterocycles. The van der Waals surface area contributed by atoms with Crippen LogP contribution in [0.5, 0.6) is 0 Å². The van der Waals surface area contributed by atoms with Crippen LogP contribution >= 0.6 is 0 Å². The van der Waals surface area contributed by atoms with Crippen molar-refractivity contribution in [3.8, 4) is 0 Å². The van der Waals surface area contributed by atoms with Gasteiger partial charge in [0.1, 0.15) is 0 Å². The Morgan fingerprint density at radius 3 is 2.82 bits per heavy atom. The summed E-state index contributed by atoms with van der Waals surface area (Å²) in [7, 11) is 0. The van der Waals surface area contributed by atoms with Crippen LogP contribution in [0.1, 0.15) is 13.8 Å². The molecule has 1 atom stereocenters. The zero-order chi connectivity index (χ0) is 8.27. The molecular weight excluding hydrogens is 136 g/mol. The molecule has 0 fully saturated rings. The fraction of sp³-hybridized carbons (Fsp3) is 0.300. The molecule has 1 rings (SSSR count). The van der Waals surface area contributed by atoms with Crippen LogP contribution in [0, 0.1) is 5.92 Å². The highest BCUT2D eigenvalue weighted by atomic mass is 16.1. The maximum atomic E-state index is 10.9. The number of hydrogen-bond donors (Lipinski definition) is 0. The lowest BCUT2D eigenvalue weighted by Gasteiger charge is -1.93. The zero-order valence-electron chi connectivity index (χ0n) is 6.87. The number of carbonyl (C=O) groups is 1. The van der Waals surface area contributed by atoms with Crippen molar-refractivity contribution in [3.05, 3.63) is 36.0 Å². The highest BCUT2D eigenvalue weighted by molar-refractivity contribution is 5.96. The van der Waals surface area contributed by atoms with E-state index in [0.717, 1.165) is 5.57 Å². The molecule has 0 amide bonds. The SMILES string of the molecule is CC(=O)C1=CC=CC(C)C=C1. The van der Waals surface area contributed by atoms with Crippen molar-refractivity contribution in [2.45, 2.75) is 13.8 Å². The second-order valence-electron chi connectivity index (χ2n) is 2.78. The van der Waals surface area contributed by atoms with E-state index in [4.69, 9.17) is 0 Å². The third-order valence-corrected chi connectivity index (χ3v) is 1.68. The second kappa shape index (κ2) is 3.33. The van der Waals surface area contributed by atoms with E-state index in [1.807, 2.05) is 24.3 Å². The van der Waals surface area contributed by atoms with Gasteiger partial charge in [-0.1, -0.05) is 37.3 Å². The van der Waals surface area contributed by atoms with Gasteiger partial charge in [0.05, 0.1) is 0 Å². The summed E-state index contributed by atoms with van der Waals surface area (Å²) in [6.07, 6.45) is 9.75. The normalized spacial score (nSPS) is 22.7. The van der Waals surface area contributed by atoms with Gasteiger partial charge in [0.25, 0.3) is 0 Å². The van der Waals surface area contributed by atoms with Gasteiger partial charge in [-0.3, -0.25) is 4.79 Å². The van der Waals surface area contributed by atoms with Crippen molar-refractivity contribution < 1.29 is 4.79 Å². The lowest BCUT2D eigenvalue weighted by Crippen LogP contribution is -1.91. The predicted molar refractivity (Wildman–Crippen MR) is 46.2 cm³/mol. The Labute approximate surface area is 67.1 Å². The summed E-state index contributed by atoms with van der Waals surface area (Å²) in [4.78, 5) is 10.9. The fourth-order valence-corrected chi connectivity index (χ4v) is 0.944. The molecule has 11 heavy (non-hydrogen) atoms. The first kappa shape index (κ1) is 7.99. The summed E-state index contributed by atoms with van der Waals surface area (Å²) in [5, 5.41) is 0. The summed E-state index contributed by atoms with van der Waals surface area (Å²) < 4.78 is 0. The average molecular weight is 148 g/mol. The molecule has 0 aromatic rings. The molecule has 0 N–H and O–H groups in total. The van der Waals surface area contributed by atoms with Crippen LogP contribution in [0.3, 0.4) is 0 Å². The van der Waals surface area contributed by atoms with E-state index in [1.54, 1.807) is 6.92 Å². The average Bonchev–Trinajstić information content (AvgIpc) is 2.13. The van der Waals surface area contributed by atoms with Gasteiger partial charge in [-0.2, -0.15) is 0 Å². The van der Waals surface area contributed by atoms with Crippen molar-refractivity contribution in [2.24, 2.45) is 5.92 Å². The smallest absolute Gasteiger partial charge is 0.159 e. The maximum Gasteiger partial charge on any atom is 0.159 e. The molecule has 0 aliphatic heterocycles. The first-order valence-electron chi connectivity index (χ1n) is 3.78. The number of carbonyl (C=O) groups excluding carboxylic acids is 1. The number of allylic oxidation sites excluding steroid dienone is 6. The van der Waals surface area contributed by atoms with Crippen LogP contribution < -0.4 is 0 Å². The van der Waals surface area contributed by atoms with Crippen LogP contribution in [0.4, 0.5) is 0 Å². The van der Waals surface area contributed by atoms with E-state index in [-0.39, 0.29) is 5.78 Å². The van der Waals surface area contributed by atoms with Gasteiger partial charge in [0.15, 0.2) is 5.78 Å². The van der Waals surface area contributed by atoms with Crippen molar-refractivity contribution in [1.82, 2.24) is 0 Å². The van der Waals surface area contributed by atoms with Crippen molar-refractivity contribution >= 4 is 5.78 Å². The quantitative estimate of drug-likeness (QED) is 0.557. The summed E-state index contributed by atoms with van der Waals surface area (Å²) in [6.45, 7) is 3.67. The Kier molecular flexibility index (Phi) is 2.42. The van der Waals surface area contributed by atoms with Gasteiger partial charge in [-0.05, 0) is 12.8 Å². The molecule has 0 heterocycles. The maximum absolute atomic E-state index is 10.9. The molecule has 0 spiro atoms. The van der Waals surface area contributed by atoms with Crippen LogP contribution in [0.2, 0.25) is 0 Å². The van der Waals surface area contributed by atoms with Gasteiger partial charge >= 0.3 is 0 Å². The van der Waals surface area contributed by atoms with E-state index in [1.165, 1.54) is 0 Å². The molecule has 1 nitrogen and oxygen atoms in total. The molecule has 0 bridgehead atoms. The summed E-state index contributed by atoms with van der Waals surface area (Å²) in [6, 6.07) is 0. The molecule has 58 valence electrons. The fourth-order valence-electron chi connectivity index (χ4n) is 0.944. The third-order valence-electron chi connectivity index (χ3n) is 1.68. The van der Waals surface area contributed by atoms with Crippen LogP contribution in [0.15, 0.2) is 36.0 Å². The Hall–Kier alpha value is -1.11. The second-order valence-corrected chi connectivity index (χ2v) is 2.78. The lowest BCUT2D eigenvalue weighted by atomic mass is 10.1. The molecule has 1 unspecified atom stereocenters. The van der Waals surface area contributed by atoms with Crippen LogP contribution in [0.25, 0.3) is 0 Å². The summed E-state index contributed by atoms with van der Waals surface area (Å²) >= 11 is 0. The Morgan fingerprint density at radius 1 is 1.45 bits per heavy atom. The van der Waals surface area contributed by atoms with Gasteiger partial charge in [-0.25, -0.2) is 0 Å². The third kappa shape index (κ3) is 2.19. The Morgan fingerprint density at radius 2 is 2.18 bits per heavy atom. The van der Waals surface area contributed by atoms with Gasteiger partial charge < -0.3 is 0 Å². The van der Waals surface area contributed by atoms with Crippen molar-refractivity contribution in [1.29, 1.82) is 0 Å². The van der Waals surface area contributed by atoms with E-state index >= 15 is 0 Å². The van der Waals surface area contributed by atoms with Crippen LogP contribution in [-0.4, -0.2) is 5.78 Å². The van der Waals surface area contributed by atoms with Crippen molar-refractivity contribution in [2.75, 3.05) is 0 Å². The van der Waals surface area contributed by atoms with Gasteiger partial charge in [-0.15, -0.1) is 0 Å². The minimum atomic E-state index is 0.125. The highest BCUT2D eigenvalue weighted by Gasteiger charge is 2.00. The lowest BCUT2D eigenvalue weighted by molar-refractivity contribution is -0.113. The zero-order valence-corrected chi connectivity index (χ0v) is 6.87. The molecule has 1 heteroatoms. The first-order valence-corrected chi connectivity index (χ1v) is 3.78. The predicted octanol–water partition coefficient (Wildman–Crippen LogP) is 2.26. The molecule has 1 aliphatic carbocycles. The number of rotatable bonds is 1. The Balaban J connectivity index is 2.85. The summed E-state index contributed by atoms with van der Waals surface area (Å²) in [5.41, 5.74) is 0.783. The first-order chi connectivity index (χ1) is 5.20. The molecule has 0 aromatic carbocycles. The molecule has 0 saturated carbocycles. The molecule has 1 aliphatic rings. The van der Waals surface area contributed by atoms with E-state index in [2.05, 4.69) is 13.0 Å². The van der Waals surface area contributed by atoms with Crippen molar-refractivity contribution in [3.63, 3.8) is 0 Å². The summed E-state index contributed by atoms with van der Waals surface area (Å²) in [5.74, 6) is 0.558. The van der Waals surface area contributed by atoms with E-state index in [0.29, 0.717) is 5.92 Å². The van der Waals surface area contributed by atoms with Gasteiger partial charge in [0.2, 0.25) is 0 Å². The monoisotopic (exact) mass is 148 g/mol. The highest BCUT2D eigenvalue weighted by Crippen LogP contribution is 2.09. The van der Waals surface area contributed by atoms with E-state index < -0.39 is 0 Å². The standard InChI is InChI=1S/C10H12O/c1-8-4-3-5-10(7-6-8)9(2)11/h3-8H,1-2H3. The minimum absolute atomic E-state index is 0.125. The molecular formula is C10H12O. The minimum Gasteiger partial charge on any atom is -0.295 e. The van der Waals surface area contributed by atoms with Crippen LogP contribution in [-0.2, 0) is 4.79 Å². The van der Waals surface area contributed by atoms with E-state index in [9.17, 15) is 4.79 Å². The Bertz CT molecular complexity index is 244. The van der Waals surface area contributed by atoms with Gasteiger partial charge in [0, 0.05) is 5.57 Å². The largest absolute Gasteiger partial charge is 0.295 e. The number of ketones is 1. The number of Topliss-reactive ketones (excluding diaryl/α,β-unsaturated/α-hetero) is 1. The molecule has 0 aromatic heterocycles.